The first-order valence-corrected chi connectivity index (χ1v) is 39.4. The Bertz CT molecular complexity index is 6670. The number of ether oxygens (including phenoxy) is 12. The number of rotatable bonds is 28. The van der Waals surface area contributed by atoms with Crippen molar-refractivity contribution in [2.24, 2.45) is 93.9 Å². The van der Waals surface area contributed by atoms with E-state index in [-0.39, 0.29) is 26.2 Å². The van der Waals surface area contributed by atoms with Crippen molar-refractivity contribution >= 4 is 23.9 Å². The lowest BCUT2D eigenvalue weighted by Gasteiger charge is -2.47. The summed E-state index contributed by atoms with van der Waals surface area (Å²) < 4.78 is 524. The largest absolute Gasteiger partial charge is 0.493 e. The first kappa shape index (κ1) is 47.2. The fourth-order valence-electron chi connectivity index (χ4n) is 12.6. The summed E-state index contributed by atoms with van der Waals surface area (Å²) in [6.07, 6.45) is -40.0. The molecule has 0 saturated carbocycles. The summed E-state index contributed by atoms with van der Waals surface area (Å²) in [6, 6.07) is -21.6. The summed E-state index contributed by atoms with van der Waals surface area (Å²) in [4.78, 5) is 53.4. The Kier molecular flexibility index (Phi) is 17.3. The van der Waals surface area contributed by atoms with Crippen molar-refractivity contribution in [2.45, 2.75) is 260 Å². The van der Waals surface area contributed by atoms with Crippen molar-refractivity contribution in [3.63, 3.8) is 0 Å². The van der Waals surface area contributed by atoms with E-state index in [9.17, 15) is 41.1 Å². The van der Waals surface area contributed by atoms with Gasteiger partial charge in [-0.2, -0.15) is 0 Å². The topological polar surface area (TPSA) is 296 Å². The number of carbonyl (C=O) groups excluding carboxylic acids is 4. The molecule has 4 aromatic carbocycles. The average Bonchev–Trinajstić information content (AvgIpc) is 0.648. The summed E-state index contributed by atoms with van der Waals surface area (Å²) in [7, 11) is 0.00450. The van der Waals surface area contributed by atoms with E-state index in [1.165, 1.54) is 27.7 Å². The summed E-state index contributed by atoms with van der Waals surface area (Å²) in [6.45, 7) is -2.15. The van der Waals surface area contributed by atoms with E-state index in [4.69, 9.17) is 129 Å². The number of esters is 4. The minimum absolute atomic E-state index is 0.0852. The van der Waals surface area contributed by atoms with E-state index >= 15 is 0 Å². The molecule has 0 bridgehead atoms. The van der Waals surface area contributed by atoms with Crippen LogP contribution in [0.15, 0.2) is 48.3 Å². The molecule has 24 nitrogen and oxygen atoms in total. The molecule has 120 heavy (non-hydrogen) atoms. The SMILES string of the molecule is [2H]c1c(OC)c(OC([2H])([2H])[2H])c([2H])c2c1C1N(C([2H])([2H])C2([2H])[2H])C([2H])([2H])C([2H])(CC(C)C)C(OC(=O)[C@@H](N)C(C)C)C1([2H])[2H].[2H]c1c(OC)c(OC([2H])([2H])[2H])c([2H])c2c1C1N(C([2H])([2H])C2([2H])[2H])C([2H])([2H])C([2H])(CC(C)C)C([2H])(OC(=O)[C@@H](N)C(C)C)C1([2H])[2H].[2H]c1c(OC)c(OC)c([2H])c2c1C1N(C([2H])([2H])C2([2H])[2H])C([2H])([2H])C([2H])(CC(C)C)C(OC(=O)[C@@H](N)C(C)C)C1([2H])[2H].[2H]c1c(OC)c(OC)c([2H])c2c1C1N(C([2H])([2H])C2([2H])[2H])C([2H])([2H])C([2H])(CC(C)C)C([2H])(OC(=O)[C@@H](N)C(C)C)C1([2H])[2H]. The van der Waals surface area contributed by atoms with Crippen LogP contribution < -0.4 is 60.8 Å². The third-order valence-electron chi connectivity index (χ3n) is 19.3. The highest BCUT2D eigenvalue weighted by Gasteiger charge is 2.47. The minimum Gasteiger partial charge on any atom is -0.493 e. The normalized spacial score (nSPS) is 41.9. The highest BCUT2D eigenvalue weighted by atomic mass is 16.6. The number of carbonyl (C=O) groups is 4. The zero-order chi connectivity index (χ0) is 134. The fraction of sp³-hybridized carbons (Fsp3) is 0.708. The number of fused-ring (bicyclic) bond motifs is 12. The van der Waals surface area contributed by atoms with Gasteiger partial charge in [-0.3, -0.25) is 38.8 Å². The van der Waals surface area contributed by atoms with Crippen LogP contribution in [0.5, 0.6) is 46.0 Å². The quantitative estimate of drug-likeness (QED) is 0.0303. The molecule has 0 aromatic heterocycles. The van der Waals surface area contributed by atoms with Gasteiger partial charge in [-0.15, -0.1) is 0 Å². The minimum atomic E-state index is -3.63. The summed E-state index contributed by atoms with van der Waals surface area (Å²) in [5, 5.41) is 0. The van der Waals surface area contributed by atoms with E-state index in [0.717, 1.165) is 42.7 Å². The Hall–Kier alpha value is -7.16. The first-order valence-electron chi connectivity index (χ1n) is 65.4. The number of piperidine rings is 4. The Morgan fingerprint density at radius 3 is 0.800 bits per heavy atom. The highest BCUT2D eigenvalue weighted by molar-refractivity contribution is 5.77. The molecule has 4 aromatic rings. The number of benzene rings is 4. The van der Waals surface area contributed by atoms with Gasteiger partial charge >= 0.3 is 23.9 Å². The third-order valence-corrected chi connectivity index (χ3v) is 19.3. The van der Waals surface area contributed by atoms with Gasteiger partial charge in [0, 0.05) is 175 Å². The first-order chi connectivity index (χ1) is 77.0. The number of nitrogens with zero attached hydrogens (tertiary/aromatic N) is 4. The van der Waals surface area contributed by atoms with Crippen LogP contribution in [-0.2, 0) is 63.6 Å². The molecule has 16 atom stereocenters. The fourth-order valence-corrected chi connectivity index (χ4v) is 12.6. The lowest BCUT2D eigenvalue weighted by Crippen LogP contribution is -2.51. The predicted octanol–water partition coefficient (Wildman–Crippen LogP) is 14.3. The molecule has 8 aliphatic heterocycles. The van der Waals surface area contributed by atoms with Gasteiger partial charge in [0.05, 0.1) is 78.7 Å². The maximum Gasteiger partial charge on any atom is 0.323 e. The molecule has 0 aliphatic carbocycles. The van der Waals surface area contributed by atoms with Crippen LogP contribution in [0.25, 0.3) is 0 Å². The van der Waals surface area contributed by atoms with Crippen LogP contribution in [-0.4, -0.2) is 201 Å². The van der Waals surface area contributed by atoms with Gasteiger partial charge in [0.1, 0.15) is 48.5 Å². The molecule has 12 unspecified atom stereocenters. The standard InChI is InChI=1S/4C24H38N2O4/c4*1-14(2)9-17-13-26-8-7-16-10-21(28-5)22(29-6)11-18(16)19(26)12-20(17)30-24(27)23(25)15(3)4/h4*10-11,14-15,17,19-20,23H,7-9,12-13,25H2,1-6H3/t4*17?,19?,20?,23-/m0000/s1/i5D3,7D2,8D2,10D,11D,12D2,13D2,17D,20D;7D2,8D2,10D,11D,12D2,13D2,17D,20D;5D3,7D2,8D2,10D,11D,12D2,13D2,17D;7D2,8D2,10D,11D,12D2,13D2,17D. The lowest BCUT2D eigenvalue weighted by atomic mass is 9.79. The summed E-state index contributed by atoms with van der Waals surface area (Å²) >= 11 is 0. The van der Waals surface area contributed by atoms with Crippen LogP contribution in [0.1, 0.15) is 302 Å². The molecular formula is C96H152N8O16. The van der Waals surface area contributed by atoms with Crippen molar-refractivity contribution in [3.8, 4) is 46.0 Å². The lowest BCUT2D eigenvalue weighted by molar-refractivity contribution is -0.161. The van der Waals surface area contributed by atoms with Crippen LogP contribution in [0.4, 0.5) is 0 Å². The van der Waals surface area contributed by atoms with E-state index in [1.807, 2.05) is 0 Å². The second kappa shape index (κ2) is 43.9. The molecule has 4 saturated heterocycles. The molecule has 8 aliphatic rings. The number of hydrogen-bond donors (Lipinski definition) is 4. The second-order valence-corrected chi connectivity index (χ2v) is 31.9. The van der Waals surface area contributed by atoms with E-state index < -0.39 is 438 Å². The van der Waals surface area contributed by atoms with Gasteiger partial charge in [-0.25, -0.2) is 0 Å². The highest BCUT2D eigenvalue weighted by Crippen LogP contribution is 2.50. The molecule has 0 radical (unpaired) electrons. The number of nitrogens with two attached hydrogens (primary N) is 4. The number of methoxy groups -OCH3 is 8. The smallest absolute Gasteiger partial charge is 0.323 e. The van der Waals surface area contributed by atoms with Crippen LogP contribution in [0, 0.1) is 70.9 Å². The van der Waals surface area contributed by atoms with Crippen molar-refractivity contribution in [3.05, 3.63) is 92.8 Å². The molecule has 8 heterocycles. The molecular weight excluding hydrogens is 1520 g/mol. The van der Waals surface area contributed by atoms with Crippen LogP contribution in [0.3, 0.4) is 0 Å². The van der Waals surface area contributed by atoms with Crippen LogP contribution in [0.2, 0.25) is 0 Å². The number of hydrogen-bond acceptors (Lipinski definition) is 24. The third kappa shape index (κ3) is 23.8. The maximum atomic E-state index is 13.2. The monoisotopic (exact) mass is 1730 g/mol. The molecule has 0 spiro atoms. The van der Waals surface area contributed by atoms with E-state index in [2.05, 4.69) is 0 Å². The molecule has 12 rings (SSSR count). The van der Waals surface area contributed by atoms with Gasteiger partial charge in [-0.1, -0.05) is 111 Å². The molecule has 672 valence electrons. The van der Waals surface area contributed by atoms with Gasteiger partial charge in [0.25, 0.3) is 0 Å². The Balaban J connectivity index is 0.000000251. The van der Waals surface area contributed by atoms with E-state index in [1.54, 1.807) is 83.1 Å². The van der Waals surface area contributed by atoms with Gasteiger partial charge in [0.15, 0.2) is 46.0 Å². The average molecular weight is 1730 g/mol. The second-order valence-electron chi connectivity index (χ2n) is 31.9. The van der Waals surface area contributed by atoms with Crippen molar-refractivity contribution < 1.29 is 147 Å². The van der Waals surface area contributed by atoms with Gasteiger partial charge in [-0.05, 0) is 191 Å². The van der Waals surface area contributed by atoms with Crippen molar-refractivity contribution in [1.82, 2.24) is 19.6 Å². The predicted molar refractivity (Wildman–Crippen MR) is 471 cm³/mol. The molecule has 24 heteroatoms. The summed E-state index contributed by atoms with van der Waals surface area (Å²) in [5.74, 6) is -25.9. The Morgan fingerprint density at radius 1 is 0.350 bits per heavy atom. The zero-order valence-corrected chi connectivity index (χ0v) is 71.9. The van der Waals surface area contributed by atoms with Gasteiger partial charge in [0.2, 0.25) is 0 Å². The molecule has 0 amide bonds. The van der Waals surface area contributed by atoms with Crippen molar-refractivity contribution in [1.29, 1.82) is 0 Å². The van der Waals surface area contributed by atoms with Gasteiger partial charge < -0.3 is 79.8 Å². The zero-order valence-electron chi connectivity index (χ0n) is 124. The van der Waals surface area contributed by atoms with Crippen molar-refractivity contribution in [2.75, 3.05) is 109 Å². The molecule has 4 fully saturated rings. The van der Waals surface area contributed by atoms with Crippen LogP contribution >= 0.6 is 0 Å². The Morgan fingerprint density at radius 2 is 0.567 bits per heavy atom. The maximum absolute atomic E-state index is 13.2. The Labute approximate surface area is 791 Å². The molecule has 8 N–H and O–H groups in total. The van der Waals surface area contributed by atoms with E-state index in [0.29, 0.717) is 4.90 Å². The summed E-state index contributed by atoms with van der Waals surface area (Å²) in [5.41, 5.74) is 17.3.